The minimum absolute atomic E-state index is 0.0629. The largest absolute Gasteiger partial charge is 0.504 e. The number of nitrogens with one attached hydrogen (secondary N) is 1. The van der Waals surface area contributed by atoms with E-state index in [4.69, 9.17) is 9.15 Å². The third kappa shape index (κ3) is 3.33. The molecule has 0 fully saturated rings. The SMILES string of the molecule is CS(=O)(=O)Nc1cc2occc(=O)c2cc1Oc1ccccc1O. The zero-order chi connectivity index (χ0) is 17.3. The molecular formula is C16H13NO6S. The molecule has 0 radical (unpaired) electrons. The topological polar surface area (TPSA) is 106 Å². The summed E-state index contributed by atoms with van der Waals surface area (Å²) in [6.45, 7) is 0. The van der Waals surface area contributed by atoms with Crippen LogP contribution in [0.2, 0.25) is 0 Å². The summed E-state index contributed by atoms with van der Waals surface area (Å²) in [4.78, 5) is 11.9. The summed E-state index contributed by atoms with van der Waals surface area (Å²) >= 11 is 0. The Balaban J connectivity index is 2.19. The molecule has 0 atom stereocenters. The molecule has 7 nitrogen and oxygen atoms in total. The van der Waals surface area contributed by atoms with Gasteiger partial charge < -0.3 is 14.3 Å². The lowest BCUT2D eigenvalue weighted by atomic mass is 10.2. The zero-order valence-electron chi connectivity index (χ0n) is 12.5. The molecule has 124 valence electrons. The monoisotopic (exact) mass is 347 g/mol. The highest BCUT2D eigenvalue weighted by atomic mass is 32.2. The van der Waals surface area contributed by atoms with Gasteiger partial charge >= 0.3 is 0 Å². The van der Waals surface area contributed by atoms with E-state index in [1.807, 2.05) is 0 Å². The van der Waals surface area contributed by atoms with Crippen molar-refractivity contribution < 1.29 is 22.7 Å². The molecule has 0 aliphatic heterocycles. The third-order valence-corrected chi connectivity index (χ3v) is 3.73. The number of benzene rings is 2. The van der Waals surface area contributed by atoms with Crippen molar-refractivity contribution in [2.24, 2.45) is 0 Å². The van der Waals surface area contributed by atoms with E-state index in [1.54, 1.807) is 12.1 Å². The van der Waals surface area contributed by atoms with E-state index >= 15 is 0 Å². The van der Waals surface area contributed by atoms with Crippen LogP contribution in [0.4, 0.5) is 5.69 Å². The van der Waals surface area contributed by atoms with Gasteiger partial charge in [0.05, 0.1) is 23.6 Å². The van der Waals surface area contributed by atoms with Crippen LogP contribution in [0.15, 0.2) is 57.9 Å². The Morgan fingerprint density at radius 1 is 1.12 bits per heavy atom. The van der Waals surface area contributed by atoms with Gasteiger partial charge in [0, 0.05) is 12.1 Å². The van der Waals surface area contributed by atoms with Gasteiger partial charge in [0.1, 0.15) is 5.58 Å². The molecule has 1 aromatic heterocycles. The standard InChI is InChI=1S/C16H13NO6S/c1-24(20,21)17-11-9-15-10(12(18)6-7-22-15)8-16(11)23-14-5-3-2-4-13(14)19/h2-9,17,19H,1H3. The van der Waals surface area contributed by atoms with Crippen molar-refractivity contribution in [1.29, 1.82) is 0 Å². The number of hydrogen-bond donors (Lipinski definition) is 2. The second-order valence-corrected chi connectivity index (χ2v) is 6.82. The summed E-state index contributed by atoms with van der Waals surface area (Å²) in [5.74, 6) is 0.0599. The highest BCUT2D eigenvalue weighted by Gasteiger charge is 2.15. The smallest absolute Gasteiger partial charge is 0.229 e. The molecule has 3 rings (SSSR count). The van der Waals surface area contributed by atoms with E-state index < -0.39 is 10.0 Å². The van der Waals surface area contributed by atoms with Crippen molar-refractivity contribution in [2.45, 2.75) is 0 Å². The molecule has 24 heavy (non-hydrogen) atoms. The second kappa shape index (κ2) is 5.89. The maximum absolute atomic E-state index is 11.9. The Morgan fingerprint density at radius 2 is 1.88 bits per heavy atom. The fourth-order valence-corrected chi connectivity index (χ4v) is 2.69. The van der Waals surface area contributed by atoms with Gasteiger partial charge in [0.2, 0.25) is 10.0 Å². The lowest BCUT2D eigenvalue weighted by Gasteiger charge is -2.13. The minimum atomic E-state index is -3.59. The lowest BCUT2D eigenvalue weighted by molar-refractivity contribution is 0.412. The molecule has 0 spiro atoms. The summed E-state index contributed by atoms with van der Waals surface area (Å²) < 4.78 is 36.3. The molecule has 2 N–H and O–H groups in total. The van der Waals surface area contributed by atoms with Gasteiger partial charge in [-0.05, 0) is 18.2 Å². The molecule has 0 unspecified atom stereocenters. The van der Waals surface area contributed by atoms with Gasteiger partial charge in [-0.15, -0.1) is 0 Å². The number of hydrogen-bond acceptors (Lipinski definition) is 6. The molecule has 3 aromatic rings. The quantitative estimate of drug-likeness (QED) is 0.751. The van der Waals surface area contributed by atoms with E-state index in [0.717, 1.165) is 6.26 Å². The second-order valence-electron chi connectivity index (χ2n) is 5.07. The van der Waals surface area contributed by atoms with Crippen molar-refractivity contribution in [3.05, 3.63) is 59.0 Å². The van der Waals surface area contributed by atoms with Crippen molar-refractivity contribution in [2.75, 3.05) is 11.0 Å². The van der Waals surface area contributed by atoms with Gasteiger partial charge in [-0.3, -0.25) is 9.52 Å². The van der Waals surface area contributed by atoms with Crippen molar-refractivity contribution in [1.82, 2.24) is 0 Å². The van der Waals surface area contributed by atoms with Crippen molar-refractivity contribution >= 4 is 26.7 Å². The van der Waals surface area contributed by atoms with Crippen LogP contribution in [0.1, 0.15) is 0 Å². The third-order valence-electron chi connectivity index (χ3n) is 3.14. The molecule has 0 saturated heterocycles. The molecule has 0 saturated carbocycles. The summed E-state index contributed by atoms with van der Waals surface area (Å²) in [5.41, 5.74) is -0.00910. The number of ether oxygens (including phenoxy) is 1. The molecule has 2 aromatic carbocycles. The Bertz CT molecular complexity index is 1070. The number of para-hydroxylation sites is 2. The van der Waals surface area contributed by atoms with Crippen LogP contribution in [0, 0.1) is 0 Å². The van der Waals surface area contributed by atoms with Crippen LogP contribution in [0.3, 0.4) is 0 Å². The molecule has 0 aliphatic rings. The Kier molecular flexibility index (Phi) is 3.90. The van der Waals surface area contributed by atoms with Crippen LogP contribution in [0.5, 0.6) is 17.2 Å². The lowest BCUT2D eigenvalue weighted by Crippen LogP contribution is -2.11. The van der Waals surface area contributed by atoms with Crippen LogP contribution in [0.25, 0.3) is 11.0 Å². The molecular weight excluding hydrogens is 334 g/mol. The predicted molar refractivity (Wildman–Crippen MR) is 89.1 cm³/mol. The molecule has 1 heterocycles. The summed E-state index contributed by atoms with van der Waals surface area (Å²) in [5, 5.41) is 10.0. The zero-order valence-corrected chi connectivity index (χ0v) is 13.3. The Hall–Kier alpha value is -3.00. The van der Waals surface area contributed by atoms with E-state index in [-0.39, 0.29) is 39.3 Å². The average molecular weight is 347 g/mol. The summed E-state index contributed by atoms with van der Waals surface area (Å²) in [6.07, 6.45) is 2.21. The van der Waals surface area contributed by atoms with Crippen LogP contribution in [-0.2, 0) is 10.0 Å². The highest BCUT2D eigenvalue weighted by Crippen LogP contribution is 2.36. The van der Waals surface area contributed by atoms with Crippen LogP contribution < -0.4 is 14.9 Å². The Morgan fingerprint density at radius 3 is 2.58 bits per heavy atom. The number of anilines is 1. The van der Waals surface area contributed by atoms with Gasteiger partial charge in [0.15, 0.2) is 22.7 Å². The van der Waals surface area contributed by atoms with Gasteiger partial charge in [0.25, 0.3) is 0 Å². The minimum Gasteiger partial charge on any atom is -0.504 e. The highest BCUT2D eigenvalue weighted by molar-refractivity contribution is 7.92. The summed E-state index contributed by atoms with van der Waals surface area (Å²) in [7, 11) is -3.59. The number of aromatic hydroxyl groups is 1. The first-order valence-corrected chi connectivity index (χ1v) is 8.72. The van der Waals surface area contributed by atoms with E-state index in [1.165, 1.54) is 36.6 Å². The van der Waals surface area contributed by atoms with E-state index in [0.29, 0.717) is 0 Å². The fraction of sp³-hybridized carbons (Fsp3) is 0.0625. The summed E-state index contributed by atoms with van der Waals surface area (Å²) in [6, 6.07) is 10.2. The first-order chi connectivity index (χ1) is 11.3. The van der Waals surface area contributed by atoms with Gasteiger partial charge in [-0.25, -0.2) is 8.42 Å². The number of phenolic OH excluding ortho intramolecular Hbond substituents is 1. The number of rotatable bonds is 4. The number of fused-ring (bicyclic) bond motifs is 1. The van der Waals surface area contributed by atoms with Gasteiger partial charge in [-0.1, -0.05) is 12.1 Å². The van der Waals surface area contributed by atoms with Crippen LogP contribution >= 0.6 is 0 Å². The van der Waals surface area contributed by atoms with E-state index in [2.05, 4.69) is 4.72 Å². The first-order valence-electron chi connectivity index (χ1n) is 6.83. The Labute approximate surface area is 137 Å². The molecule has 0 amide bonds. The maximum atomic E-state index is 11.9. The normalized spacial score (nSPS) is 11.4. The maximum Gasteiger partial charge on any atom is 0.229 e. The van der Waals surface area contributed by atoms with Crippen LogP contribution in [-0.4, -0.2) is 19.8 Å². The first kappa shape index (κ1) is 15.9. The predicted octanol–water partition coefficient (Wildman–Crippen LogP) is 2.66. The molecule has 0 bridgehead atoms. The van der Waals surface area contributed by atoms with Crippen molar-refractivity contribution in [3.63, 3.8) is 0 Å². The number of sulfonamides is 1. The molecule has 0 aliphatic carbocycles. The average Bonchev–Trinajstić information content (AvgIpc) is 2.49. The molecule has 8 heteroatoms. The van der Waals surface area contributed by atoms with Crippen molar-refractivity contribution in [3.8, 4) is 17.2 Å². The van der Waals surface area contributed by atoms with Gasteiger partial charge in [-0.2, -0.15) is 0 Å². The van der Waals surface area contributed by atoms with E-state index in [9.17, 15) is 18.3 Å². The number of phenols is 1. The fourth-order valence-electron chi connectivity index (χ4n) is 2.13.